The minimum atomic E-state index is -0.968. The van der Waals surface area contributed by atoms with Crippen LogP contribution in [0.1, 0.15) is 11.1 Å². The van der Waals surface area contributed by atoms with Gasteiger partial charge in [-0.1, -0.05) is 54.6 Å². The van der Waals surface area contributed by atoms with Gasteiger partial charge in [0.2, 0.25) is 0 Å². The van der Waals surface area contributed by atoms with Crippen molar-refractivity contribution in [1.82, 2.24) is 0 Å². The number of rotatable bonds is 7. The number of aliphatic hydroxyl groups is 1. The number of methoxy groups -OCH3 is 1. The lowest BCUT2D eigenvalue weighted by atomic mass is 10.0. The van der Waals surface area contributed by atoms with Crippen LogP contribution in [0.25, 0.3) is 22.3 Å². The molecule has 0 atom stereocenters. The first kappa shape index (κ1) is 22.4. The normalized spacial score (nSPS) is 10.8. The molecule has 0 aliphatic heterocycles. The number of hydrogen-bond donors (Lipinski definition) is 1. The largest absolute Gasteiger partial charge is 0.494 e. The van der Waals surface area contributed by atoms with Crippen LogP contribution >= 0.6 is 0 Å². The first-order valence-corrected chi connectivity index (χ1v) is 10.2. The van der Waals surface area contributed by atoms with Crippen molar-refractivity contribution in [1.29, 1.82) is 0 Å². The van der Waals surface area contributed by atoms with E-state index in [1.165, 1.54) is 25.3 Å². The summed E-state index contributed by atoms with van der Waals surface area (Å²) >= 11 is 0. The molecule has 0 unspecified atom stereocenters. The lowest BCUT2D eigenvalue weighted by molar-refractivity contribution is 0.282. The third-order valence-corrected chi connectivity index (χ3v) is 5.34. The second-order valence-corrected chi connectivity index (χ2v) is 7.42. The van der Waals surface area contributed by atoms with Gasteiger partial charge in [-0.2, -0.15) is 0 Å². The van der Waals surface area contributed by atoms with E-state index in [0.29, 0.717) is 22.4 Å². The molecule has 6 heteroatoms. The van der Waals surface area contributed by atoms with Crippen molar-refractivity contribution in [2.24, 2.45) is 0 Å². The van der Waals surface area contributed by atoms with Gasteiger partial charge in [0.1, 0.15) is 12.4 Å². The maximum Gasteiger partial charge on any atom is 0.167 e. The van der Waals surface area contributed by atoms with Crippen LogP contribution in [0.15, 0.2) is 78.9 Å². The van der Waals surface area contributed by atoms with Gasteiger partial charge < -0.3 is 14.6 Å². The Kier molecular flexibility index (Phi) is 6.66. The molecule has 0 fully saturated rings. The third kappa shape index (κ3) is 4.86. The summed E-state index contributed by atoms with van der Waals surface area (Å²) in [6, 6.07) is 21.1. The van der Waals surface area contributed by atoms with Gasteiger partial charge in [-0.3, -0.25) is 0 Å². The monoisotopic (exact) mass is 450 g/mol. The second kappa shape index (κ2) is 9.79. The van der Waals surface area contributed by atoms with E-state index in [2.05, 4.69) is 0 Å². The highest BCUT2D eigenvalue weighted by Gasteiger charge is 2.15. The van der Waals surface area contributed by atoms with E-state index in [9.17, 15) is 13.2 Å². The Balaban J connectivity index is 1.46. The summed E-state index contributed by atoms with van der Waals surface area (Å²) in [7, 11) is 1.40. The summed E-state index contributed by atoms with van der Waals surface area (Å²) < 4.78 is 53.8. The van der Waals surface area contributed by atoms with Gasteiger partial charge in [0.15, 0.2) is 23.2 Å². The Hall–Kier alpha value is -3.77. The lowest BCUT2D eigenvalue weighted by Crippen LogP contribution is -2.02. The predicted octanol–water partition coefficient (Wildman–Crippen LogP) is 6.52. The van der Waals surface area contributed by atoms with Crippen molar-refractivity contribution in [2.75, 3.05) is 7.11 Å². The van der Waals surface area contributed by atoms with Crippen LogP contribution in [0.2, 0.25) is 0 Å². The van der Waals surface area contributed by atoms with Crippen molar-refractivity contribution in [3.63, 3.8) is 0 Å². The molecule has 0 saturated carbocycles. The van der Waals surface area contributed by atoms with Gasteiger partial charge >= 0.3 is 0 Å². The molecule has 4 rings (SSSR count). The standard InChI is InChI=1S/C27H21F3O3/c1-32-25-13-9-20(14-24(25)28)18-6-10-22(11-7-18)33-16-21-8-12-23(27(30)26(21)29)19-4-2-17(15-31)3-5-19/h2-14,31H,15-16H2,1H3. The molecule has 0 bridgehead atoms. The number of hydrogen-bond acceptors (Lipinski definition) is 3. The van der Waals surface area contributed by atoms with E-state index < -0.39 is 17.5 Å². The molecule has 33 heavy (non-hydrogen) atoms. The average molecular weight is 450 g/mol. The van der Waals surface area contributed by atoms with E-state index in [4.69, 9.17) is 14.6 Å². The Morgan fingerprint density at radius 2 is 1.39 bits per heavy atom. The zero-order valence-electron chi connectivity index (χ0n) is 17.8. The minimum absolute atomic E-state index is 0.0875. The number of halogens is 3. The summed E-state index contributed by atoms with van der Waals surface area (Å²) in [5.74, 6) is -1.74. The van der Waals surface area contributed by atoms with Crippen LogP contribution in [-0.2, 0) is 13.2 Å². The molecule has 3 nitrogen and oxygen atoms in total. The maximum absolute atomic E-state index is 14.7. The summed E-state index contributed by atoms with van der Waals surface area (Å²) in [5.41, 5.74) is 2.88. The van der Waals surface area contributed by atoms with E-state index in [-0.39, 0.29) is 30.1 Å². The van der Waals surface area contributed by atoms with Gasteiger partial charge in [0.25, 0.3) is 0 Å². The molecule has 0 aromatic heterocycles. The van der Waals surface area contributed by atoms with Crippen LogP contribution in [0.5, 0.6) is 11.5 Å². The minimum Gasteiger partial charge on any atom is -0.494 e. The first-order valence-electron chi connectivity index (χ1n) is 10.2. The predicted molar refractivity (Wildman–Crippen MR) is 120 cm³/mol. The highest BCUT2D eigenvalue weighted by Crippen LogP contribution is 2.29. The van der Waals surface area contributed by atoms with Crippen molar-refractivity contribution in [3.8, 4) is 33.8 Å². The Morgan fingerprint density at radius 3 is 2.03 bits per heavy atom. The molecular weight excluding hydrogens is 429 g/mol. The molecule has 0 amide bonds. The SMILES string of the molecule is COc1ccc(-c2ccc(OCc3ccc(-c4ccc(CO)cc4)c(F)c3F)cc2)cc1F. The van der Waals surface area contributed by atoms with Crippen molar-refractivity contribution in [3.05, 3.63) is 107 Å². The van der Waals surface area contributed by atoms with Crippen LogP contribution in [0, 0.1) is 17.5 Å². The average Bonchev–Trinajstić information content (AvgIpc) is 2.85. The molecule has 0 saturated heterocycles. The fourth-order valence-electron chi connectivity index (χ4n) is 3.46. The molecule has 0 aliphatic rings. The maximum atomic E-state index is 14.7. The van der Waals surface area contributed by atoms with Gasteiger partial charge in [0, 0.05) is 11.1 Å². The van der Waals surface area contributed by atoms with Gasteiger partial charge in [0.05, 0.1) is 13.7 Å². The van der Waals surface area contributed by atoms with E-state index in [1.54, 1.807) is 60.7 Å². The van der Waals surface area contributed by atoms with Crippen molar-refractivity contribution < 1.29 is 27.8 Å². The summed E-state index contributed by atoms with van der Waals surface area (Å²) in [4.78, 5) is 0. The molecule has 0 aliphatic carbocycles. The Labute approximate surface area is 189 Å². The van der Waals surface area contributed by atoms with E-state index >= 15 is 0 Å². The van der Waals surface area contributed by atoms with Crippen LogP contribution in [0.4, 0.5) is 13.2 Å². The number of benzene rings is 4. The molecule has 0 radical (unpaired) electrons. The number of ether oxygens (including phenoxy) is 2. The van der Waals surface area contributed by atoms with E-state index in [1.807, 2.05) is 0 Å². The fourth-order valence-corrected chi connectivity index (χ4v) is 3.46. The Bertz CT molecular complexity index is 1250. The quantitative estimate of drug-likeness (QED) is 0.349. The van der Waals surface area contributed by atoms with Crippen LogP contribution < -0.4 is 9.47 Å². The van der Waals surface area contributed by atoms with Crippen LogP contribution in [-0.4, -0.2) is 12.2 Å². The zero-order chi connectivity index (χ0) is 23.4. The van der Waals surface area contributed by atoms with Gasteiger partial charge in [-0.05, 0) is 46.5 Å². The van der Waals surface area contributed by atoms with Gasteiger partial charge in [-0.25, -0.2) is 13.2 Å². The Morgan fingerprint density at radius 1 is 0.727 bits per heavy atom. The van der Waals surface area contributed by atoms with Gasteiger partial charge in [-0.15, -0.1) is 0 Å². The summed E-state index contributed by atoms with van der Waals surface area (Å²) in [5, 5.41) is 9.12. The zero-order valence-corrected chi connectivity index (χ0v) is 17.8. The second-order valence-electron chi connectivity index (χ2n) is 7.42. The highest BCUT2D eigenvalue weighted by molar-refractivity contribution is 5.66. The van der Waals surface area contributed by atoms with Crippen LogP contribution in [0.3, 0.4) is 0 Å². The molecule has 4 aromatic rings. The van der Waals surface area contributed by atoms with E-state index in [0.717, 1.165) is 5.56 Å². The smallest absolute Gasteiger partial charge is 0.167 e. The van der Waals surface area contributed by atoms with Crippen molar-refractivity contribution >= 4 is 0 Å². The summed E-state index contributed by atoms with van der Waals surface area (Å²) in [6.45, 7) is -0.269. The molecule has 4 aromatic carbocycles. The fraction of sp³-hybridized carbons (Fsp3) is 0.111. The topological polar surface area (TPSA) is 38.7 Å². The molecule has 168 valence electrons. The molecular formula is C27H21F3O3. The highest BCUT2D eigenvalue weighted by atomic mass is 19.2. The lowest BCUT2D eigenvalue weighted by Gasteiger charge is -2.11. The summed E-state index contributed by atoms with van der Waals surface area (Å²) in [6.07, 6.45) is 0. The molecule has 0 spiro atoms. The number of aliphatic hydroxyl groups excluding tert-OH is 1. The molecule has 1 N–H and O–H groups in total. The molecule has 0 heterocycles. The third-order valence-electron chi connectivity index (χ3n) is 5.34. The van der Waals surface area contributed by atoms with Crippen molar-refractivity contribution in [2.45, 2.75) is 13.2 Å². The first-order chi connectivity index (χ1) is 16.0.